The van der Waals surface area contributed by atoms with Crippen molar-refractivity contribution in [1.29, 1.82) is 0 Å². The highest BCUT2D eigenvalue weighted by Gasteiger charge is 2.26. The maximum absolute atomic E-state index is 12.7. The van der Waals surface area contributed by atoms with E-state index in [0.717, 1.165) is 5.75 Å². The third-order valence-corrected chi connectivity index (χ3v) is 3.77. The molecule has 0 radical (unpaired) electrons. The van der Waals surface area contributed by atoms with Crippen molar-refractivity contribution in [3.8, 4) is 11.5 Å². The normalized spacial score (nSPS) is 21.0. The molecule has 1 aliphatic rings. The SMILES string of the molecule is C[C@H]1CN(C(=O)c2cccc(Oc3ccccc3)c2)C[C@H](C)O1. The molecule has 1 saturated heterocycles. The fourth-order valence-corrected chi connectivity index (χ4v) is 2.84. The summed E-state index contributed by atoms with van der Waals surface area (Å²) in [6.45, 7) is 5.22. The number of para-hydroxylation sites is 1. The Labute approximate surface area is 136 Å². The molecule has 4 nitrogen and oxygen atoms in total. The molecule has 1 fully saturated rings. The summed E-state index contributed by atoms with van der Waals surface area (Å²) in [7, 11) is 0. The Morgan fingerprint density at radius 3 is 2.35 bits per heavy atom. The first-order valence-electron chi connectivity index (χ1n) is 7.89. The van der Waals surface area contributed by atoms with Gasteiger partial charge >= 0.3 is 0 Å². The van der Waals surface area contributed by atoms with E-state index in [0.29, 0.717) is 24.4 Å². The third kappa shape index (κ3) is 3.90. The van der Waals surface area contributed by atoms with E-state index in [1.54, 1.807) is 6.07 Å². The molecule has 4 heteroatoms. The number of amides is 1. The van der Waals surface area contributed by atoms with Gasteiger partial charge in [0, 0.05) is 18.7 Å². The zero-order chi connectivity index (χ0) is 16.2. The summed E-state index contributed by atoms with van der Waals surface area (Å²) in [5.41, 5.74) is 0.639. The fraction of sp³-hybridized carbons (Fsp3) is 0.316. The molecule has 120 valence electrons. The number of benzene rings is 2. The highest BCUT2D eigenvalue weighted by molar-refractivity contribution is 5.94. The van der Waals surface area contributed by atoms with Crippen LogP contribution in [0.5, 0.6) is 11.5 Å². The second kappa shape index (κ2) is 6.84. The molecule has 2 aromatic carbocycles. The lowest BCUT2D eigenvalue weighted by Gasteiger charge is -2.35. The fourth-order valence-electron chi connectivity index (χ4n) is 2.84. The molecule has 0 bridgehead atoms. The third-order valence-electron chi connectivity index (χ3n) is 3.77. The van der Waals surface area contributed by atoms with Gasteiger partial charge in [-0.25, -0.2) is 0 Å². The Morgan fingerprint density at radius 1 is 1.00 bits per heavy atom. The monoisotopic (exact) mass is 311 g/mol. The molecule has 0 aliphatic carbocycles. The van der Waals surface area contributed by atoms with Crippen molar-refractivity contribution in [1.82, 2.24) is 4.90 Å². The summed E-state index contributed by atoms with van der Waals surface area (Å²) in [4.78, 5) is 14.6. The Hall–Kier alpha value is -2.33. The molecule has 1 amide bonds. The Bertz CT molecular complexity index is 661. The molecule has 0 spiro atoms. The number of nitrogens with zero attached hydrogens (tertiary/aromatic N) is 1. The second-order valence-electron chi connectivity index (χ2n) is 5.91. The van der Waals surface area contributed by atoms with Gasteiger partial charge in [-0.05, 0) is 44.2 Å². The second-order valence-corrected chi connectivity index (χ2v) is 5.91. The van der Waals surface area contributed by atoms with E-state index in [-0.39, 0.29) is 18.1 Å². The summed E-state index contributed by atoms with van der Waals surface area (Å²) in [6, 6.07) is 16.9. The number of morpholine rings is 1. The van der Waals surface area contributed by atoms with Crippen LogP contribution < -0.4 is 4.74 Å². The molecule has 0 aromatic heterocycles. The summed E-state index contributed by atoms with van der Waals surface area (Å²) in [5, 5.41) is 0. The van der Waals surface area contributed by atoms with Crippen LogP contribution in [0.25, 0.3) is 0 Å². The van der Waals surface area contributed by atoms with Crippen LogP contribution in [0.4, 0.5) is 0 Å². The van der Waals surface area contributed by atoms with Crippen molar-refractivity contribution in [2.45, 2.75) is 26.1 Å². The summed E-state index contributed by atoms with van der Waals surface area (Å²) in [6.07, 6.45) is 0.123. The minimum absolute atomic E-state index is 0.0190. The van der Waals surface area contributed by atoms with Crippen molar-refractivity contribution in [3.05, 3.63) is 60.2 Å². The lowest BCUT2D eigenvalue weighted by Crippen LogP contribution is -2.48. The molecular formula is C19H21NO3. The zero-order valence-electron chi connectivity index (χ0n) is 13.4. The smallest absolute Gasteiger partial charge is 0.254 e. The first-order chi connectivity index (χ1) is 11.1. The predicted molar refractivity (Wildman–Crippen MR) is 88.9 cm³/mol. The molecule has 2 aromatic rings. The minimum Gasteiger partial charge on any atom is -0.457 e. The van der Waals surface area contributed by atoms with E-state index in [1.165, 1.54) is 0 Å². The minimum atomic E-state index is 0.0190. The lowest BCUT2D eigenvalue weighted by atomic mass is 10.1. The number of ether oxygens (including phenoxy) is 2. The number of carbonyl (C=O) groups is 1. The van der Waals surface area contributed by atoms with Crippen LogP contribution in [0, 0.1) is 0 Å². The van der Waals surface area contributed by atoms with Crippen LogP contribution in [0.2, 0.25) is 0 Å². The van der Waals surface area contributed by atoms with Crippen LogP contribution in [-0.2, 0) is 4.74 Å². The van der Waals surface area contributed by atoms with Gasteiger partial charge in [0.05, 0.1) is 12.2 Å². The van der Waals surface area contributed by atoms with E-state index in [1.807, 2.05) is 67.3 Å². The highest BCUT2D eigenvalue weighted by Crippen LogP contribution is 2.23. The van der Waals surface area contributed by atoms with Crippen molar-refractivity contribution in [3.63, 3.8) is 0 Å². The molecule has 0 unspecified atom stereocenters. The molecule has 3 rings (SSSR count). The largest absolute Gasteiger partial charge is 0.457 e. The van der Waals surface area contributed by atoms with Gasteiger partial charge in [0.15, 0.2) is 0 Å². The van der Waals surface area contributed by atoms with Crippen LogP contribution in [0.1, 0.15) is 24.2 Å². The van der Waals surface area contributed by atoms with E-state index in [4.69, 9.17) is 9.47 Å². The average Bonchev–Trinajstić information content (AvgIpc) is 2.54. The van der Waals surface area contributed by atoms with Crippen molar-refractivity contribution in [2.75, 3.05) is 13.1 Å². The van der Waals surface area contributed by atoms with E-state index in [9.17, 15) is 4.79 Å². The Balaban J connectivity index is 1.75. The quantitative estimate of drug-likeness (QED) is 0.867. The number of hydrogen-bond donors (Lipinski definition) is 0. The average molecular weight is 311 g/mol. The standard InChI is InChI=1S/C19H21NO3/c1-14-12-20(13-15(2)22-14)19(21)16-7-6-10-18(11-16)23-17-8-4-3-5-9-17/h3-11,14-15H,12-13H2,1-2H3/t14-,15-/m0/s1. The molecule has 0 saturated carbocycles. The van der Waals surface area contributed by atoms with E-state index in [2.05, 4.69) is 0 Å². The Morgan fingerprint density at radius 2 is 1.65 bits per heavy atom. The highest BCUT2D eigenvalue weighted by atomic mass is 16.5. The van der Waals surface area contributed by atoms with Crippen LogP contribution in [0.3, 0.4) is 0 Å². The zero-order valence-corrected chi connectivity index (χ0v) is 13.4. The number of hydrogen-bond acceptors (Lipinski definition) is 3. The molecule has 1 aliphatic heterocycles. The van der Waals surface area contributed by atoms with Gasteiger partial charge < -0.3 is 14.4 Å². The molecule has 2 atom stereocenters. The first kappa shape index (κ1) is 15.6. The van der Waals surface area contributed by atoms with Crippen LogP contribution >= 0.6 is 0 Å². The van der Waals surface area contributed by atoms with E-state index >= 15 is 0 Å². The number of carbonyl (C=O) groups excluding carboxylic acids is 1. The van der Waals surface area contributed by atoms with Crippen LogP contribution in [-0.4, -0.2) is 36.1 Å². The van der Waals surface area contributed by atoms with Crippen molar-refractivity contribution < 1.29 is 14.3 Å². The predicted octanol–water partition coefficient (Wildman–Crippen LogP) is 3.73. The molecule has 23 heavy (non-hydrogen) atoms. The summed E-state index contributed by atoms with van der Waals surface area (Å²) < 4.78 is 11.5. The van der Waals surface area contributed by atoms with Gasteiger partial charge in [-0.2, -0.15) is 0 Å². The van der Waals surface area contributed by atoms with Crippen LogP contribution in [0.15, 0.2) is 54.6 Å². The van der Waals surface area contributed by atoms with Gasteiger partial charge in [0.25, 0.3) is 5.91 Å². The number of rotatable bonds is 3. The maximum Gasteiger partial charge on any atom is 0.254 e. The van der Waals surface area contributed by atoms with Crippen molar-refractivity contribution >= 4 is 5.91 Å². The van der Waals surface area contributed by atoms with Crippen molar-refractivity contribution in [2.24, 2.45) is 0 Å². The summed E-state index contributed by atoms with van der Waals surface area (Å²) >= 11 is 0. The molecular weight excluding hydrogens is 290 g/mol. The Kier molecular flexibility index (Phi) is 4.63. The maximum atomic E-state index is 12.7. The van der Waals surface area contributed by atoms with E-state index < -0.39 is 0 Å². The molecule has 0 N–H and O–H groups in total. The lowest BCUT2D eigenvalue weighted by molar-refractivity contribution is -0.0586. The van der Waals surface area contributed by atoms with Gasteiger partial charge in [-0.1, -0.05) is 24.3 Å². The van der Waals surface area contributed by atoms with Gasteiger partial charge in [0.1, 0.15) is 11.5 Å². The first-order valence-corrected chi connectivity index (χ1v) is 7.89. The van der Waals surface area contributed by atoms with Gasteiger partial charge in [0.2, 0.25) is 0 Å². The molecule has 1 heterocycles. The topological polar surface area (TPSA) is 38.8 Å². The summed E-state index contributed by atoms with van der Waals surface area (Å²) in [5.74, 6) is 1.44. The van der Waals surface area contributed by atoms with Gasteiger partial charge in [-0.15, -0.1) is 0 Å². The van der Waals surface area contributed by atoms with Gasteiger partial charge in [-0.3, -0.25) is 4.79 Å².